The summed E-state index contributed by atoms with van der Waals surface area (Å²) in [6.45, 7) is 4.08. The highest BCUT2D eigenvalue weighted by Crippen LogP contribution is 2.30. The second-order valence-electron chi connectivity index (χ2n) is 7.99. The van der Waals surface area contributed by atoms with Gasteiger partial charge in [-0.3, -0.25) is 4.79 Å². The Morgan fingerprint density at radius 3 is 2.56 bits per heavy atom. The fourth-order valence-electron chi connectivity index (χ4n) is 4.26. The van der Waals surface area contributed by atoms with Crippen LogP contribution in [0.5, 0.6) is 0 Å². The molecule has 1 aromatic carbocycles. The lowest BCUT2D eigenvalue weighted by molar-refractivity contribution is 0.0669. The number of halogens is 1. The Morgan fingerprint density at radius 1 is 1.26 bits per heavy atom. The molecule has 0 aliphatic carbocycles. The van der Waals surface area contributed by atoms with Gasteiger partial charge in [0.05, 0.1) is 10.7 Å². The van der Waals surface area contributed by atoms with Crippen LogP contribution in [-0.2, 0) is 0 Å². The Labute approximate surface area is 164 Å². The van der Waals surface area contributed by atoms with Crippen molar-refractivity contribution in [2.75, 3.05) is 7.05 Å². The number of amides is 1. The molecule has 6 nitrogen and oxygen atoms in total. The third-order valence-electron chi connectivity index (χ3n) is 5.74. The molecule has 2 fully saturated rings. The van der Waals surface area contributed by atoms with E-state index in [9.17, 15) is 4.79 Å². The zero-order chi connectivity index (χ0) is 19.1. The smallest absolute Gasteiger partial charge is 0.293 e. The van der Waals surface area contributed by atoms with Crippen molar-refractivity contribution in [2.24, 2.45) is 0 Å². The van der Waals surface area contributed by atoms with Crippen LogP contribution in [0.3, 0.4) is 0 Å². The average Bonchev–Trinajstić information content (AvgIpc) is 3.24. The van der Waals surface area contributed by atoms with Gasteiger partial charge in [0, 0.05) is 31.1 Å². The zero-order valence-corrected chi connectivity index (χ0v) is 16.8. The van der Waals surface area contributed by atoms with E-state index in [-0.39, 0.29) is 23.7 Å². The van der Waals surface area contributed by atoms with Crippen LogP contribution in [-0.4, -0.2) is 50.7 Å². The minimum Gasteiger partial charge on any atom is -0.336 e. The maximum Gasteiger partial charge on any atom is 0.293 e. The molecule has 0 saturated carbocycles. The third-order valence-corrected chi connectivity index (χ3v) is 6.06. The molecule has 1 amide bonds. The molecule has 2 bridgehead atoms. The number of nitrogens with one attached hydrogen (secondary N) is 1. The largest absolute Gasteiger partial charge is 0.336 e. The first-order valence-corrected chi connectivity index (χ1v) is 10.1. The molecule has 144 valence electrons. The van der Waals surface area contributed by atoms with Crippen molar-refractivity contribution in [1.29, 1.82) is 0 Å². The maximum absolute atomic E-state index is 13.1. The second kappa shape index (κ2) is 7.24. The SMILES string of the molecule is CC(C)c1nc(C(=O)N(C)C2CC3CCC(C2)N3)nn1-c1ccccc1Cl. The molecule has 1 aromatic heterocycles. The van der Waals surface area contributed by atoms with E-state index in [4.69, 9.17) is 11.6 Å². The Bertz CT molecular complexity index is 837. The van der Waals surface area contributed by atoms with E-state index in [1.54, 1.807) is 4.68 Å². The van der Waals surface area contributed by atoms with E-state index < -0.39 is 0 Å². The van der Waals surface area contributed by atoms with Crippen LogP contribution in [0.25, 0.3) is 5.69 Å². The molecule has 2 unspecified atom stereocenters. The van der Waals surface area contributed by atoms with E-state index in [1.807, 2.05) is 50.1 Å². The monoisotopic (exact) mass is 387 g/mol. The number of carbonyl (C=O) groups excluding carboxylic acids is 1. The van der Waals surface area contributed by atoms with Crippen LogP contribution in [0.15, 0.2) is 24.3 Å². The first-order chi connectivity index (χ1) is 12.9. The summed E-state index contributed by atoms with van der Waals surface area (Å²) in [5.74, 6) is 0.988. The number of benzene rings is 1. The van der Waals surface area contributed by atoms with Crippen LogP contribution >= 0.6 is 11.6 Å². The highest BCUT2D eigenvalue weighted by molar-refractivity contribution is 6.32. The van der Waals surface area contributed by atoms with E-state index in [0.717, 1.165) is 24.4 Å². The molecular weight excluding hydrogens is 362 g/mol. The van der Waals surface area contributed by atoms with E-state index in [0.29, 0.717) is 17.1 Å². The van der Waals surface area contributed by atoms with Crippen LogP contribution in [0.4, 0.5) is 0 Å². The van der Waals surface area contributed by atoms with Crippen molar-refractivity contribution in [2.45, 2.75) is 63.6 Å². The first kappa shape index (κ1) is 18.4. The summed E-state index contributed by atoms with van der Waals surface area (Å²) in [6.07, 6.45) is 4.42. The normalized spacial score (nSPS) is 24.4. The van der Waals surface area contributed by atoms with Crippen molar-refractivity contribution < 1.29 is 4.79 Å². The quantitative estimate of drug-likeness (QED) is 0.873. The van der Waals surface area contributed by atoms with Crippen LogP contribution in [0.1, 0.15) is 61.9 Å². The Hall–Kier alpha value is -1.92. The summed E-state index contributed by atoms with van der Waals surface area (Å²) in [7, 11) is 1.88. The van der Waals surface area contributed by atoms with E-state index in [1.165, 1.54) is 12.8 Å². The predicted octanol–water partition coefficient (Wildman–Crippen LogP) is 3.40. The number of hydrogen-bond acceptors (Lipinski definition) is 4. The fourth-order valence-corrected chi connectivity index (χ4v) is 4.47. The highest BCUT2D eigenvalue weighted by Gasteiger charge is 2.37. The van der Waals surface area contributed by atoms with Gasteiger partial charge in [0.15, 0.2) is 0 Å². The van der Waals surface area contributed by atoms with Gasteiger partial charge in [0.25, 0.3) is 5.91 Å². The summed E-state index contributed by atoms with van der Waals surface area (Å²) >= 11 is 6.36. The molecule has 7 heteroatoms. The number of para-hydroxylation sites is 1. The molecule has 27 heavy (non-hydrogen) atoms. The molecule has 1 N–H and O–H groups in total. The number of piperidine rings is 1. The lowest BCUT2D eigenvalue weighted by Gasteiger charge is -2.35. The number of rotatable bonds is 4. The van der Waals surface area contributed by atoms with Gasteiger partial charge in [-0.1, -0.05) is 37.6 Å². The number of nitrogens with zero attached hydrogens (tertiary/aromatic N) is 4. The van der Waals surface area contributed by atoms with E-state index in [2.05, 4.69) is 15.4 Å². The average molecular weight is 388 g/mol. The van der Waals surface area contributed by atoms with Gasteiger partial charge in [0.1, 0.15) is 5.82 Å². The summed E-state index contributed by atoms with van der Waals surface area (Å²) in [5, 5.41) is 8.76. The van der Waals surface area contributed by atoms with Crippen molar-refractivity contribution in [3.8, 4) is 5.69 Å². The fraction of sp³-hybridized carbons (Fsp3) is 0.550. The predicted molar refractivity (Wildman–Crippen MR) is 106 cm³/mol. The molecule has 2 atom stereocenters. The molecule has 0 spiro atoms. The topological polar surface area (TPSA) is 63.1 Å². The van der Waals surface area contributed by atoms with Crippen LogP contribution in [0, 0.1) is 0 Å². The molecule has 2 aliphatic rings. The highest BCUT2D eigenvalue weighted by atomic mass is 35.5. The Kier molecular flexibility index (Phi) is 4.95. The van der Waals surface area contributed by atoms with Crippen LogP contribution < -0.4 is 5.32 Å². The summed E-state index contributed by atoms with van der Waals surface area (Å²) in [5.41, 5.74) is 0.747. The molecular formula is C20H26ClN5O. The Morgan fingerprint density at radius 2 is 1.93 bits per heavy atom. The van der Waals surface area contributed by atoms with Gasteiger partial charge in [-0.05, 0) is 37.8 Å². The zero-order valence-electron chi connectivity index (χ0n) is 16.0. The summed E-state index contributed by atoms with van der Waals surface area (Å²) < 4.78 is 1.71. The van der Waals surface area contributed by atoms with Crippen molar-refractivity contribution in [1.82, 2.24) is 25.0 Å². The molecule has 4 rings (SSSR count). The lowest BCUT2D eigenvalue weighted by Crippen LogP contribution is -2.48. The minimum atomic E-state index is -0.117. The summed E-state index contributed by atoms with van der Waals surface area (Å²) in [6, 6.07) is 8.81. The van der Waals surface area contributed by atoms with Gasteiger partial charge in [0.2, 0.25) is 5.82 Å². The molecule has 0 radical (unpaired) electrons. The van der Waals surface area contributed by atoms with Crippen molar-refractivity contribution in [3.63, 3.8) is 0 Å². The number of aromatic nitrogens is 3. The number of carbonyl (C=O) groups is 1. The molecule has 2 aromatic rings. The molecule has 3 heterocycles. The van der Waals surface area contributed by atoms with Crippen LogP contribution in [0.2, 0.25) is 5.02 Å². The second-order valence-corrected chi connectivity index (χ2v) is 8.40. The van der Waals surface area contributed by atoms with Gasteiger partial charge >= 0.3 is 0 Å². The Balaban J connectivity index is 1.62. The molecule has 2 aliphatic heterocycles. The number of fused-ring (bicyclic) bond motifs is 2. The van der Waals surface area contributed by atoms with Gasteiger partial charge in [-0.25, -0.2) is 9.67 Å². The van der Waals surface area contributed by atoms with Crippen molar-refractivity contribution in [3.05, 3.63) is 40.9 Å². The van der Waals surface area contributed by atoms with Gasteiger partial charge in [-0.15, -0.1) is 5.10 Å². The minimum absolute atomic E-state index is 0.117. The first-order valence-electron chi connectivity index (χ1n) is 9.69. The lowest BCUT2D eigenvalue weighted by atomic mass is 9.98. The molecule has 2 saturated heterocycles. The van der Waals surface area contributed by atoms with Gasteiger partial charge < -0.3 is 10.2 Å². The number of hydrogen-bond donors (Lipinski definition) is 1. The van der Waals surface area contributed by atoms with E-state index >= 15 is 0 Å². The maximum atomic E-state index is 13.1. The van der Waals surface area contributed by atoms with Crippen molar-refractivity contribution >= 4 is 17.5 Å². The van der Waals surface area contributed by atoms with Gasteiger partial charge in [-0.2, -0.15) is 0 Å². The third kappa shape index (κ3) is 3.48. The standard InChI is InChI=1S/C20H26ClN5O/c1-12(2)19-23-18(24-26(19)17-7-5-4-6-16(17)21)20(27)25(3)15-10-13-8-9-14(11-15)22-13/h4-7,12-15,22H,8-11H2,1-3H3. The summed E-state index contributed by atoms with van der Waals surface area (Å²) in [4.78, 5) is 19.5.